The largest absolute Gasteiger partial charge is 0.481 e. The maximum Gasteiger partial charge on any atom is 0.308 e. The van der Waals surface area contributed by atoms with Crippen molar-refractivity contribution in [3.05, 3.63) is 0 Å². The Morgan fingerprint density at radius 1 is 1.44 bits per heavy atom. The molecule has 0 saturated carbocycles. The van der Waals surface area contributed by atoms with Crippen molar-refractivity contribution in [1.29, 1.82) is 0 Å². The minimum absolute atomic E-state index is 0.0278. The minimum Gasteiger partial charge on any atom is -0.481 e. The first-order valence-electron chi connectivity index (χ1n) is 5.80. The third-order valence-corrected chi connectivity index (χ3v) is 2.96. The van der Waals surface area contributed by atoms with E-state index in [2.05, 4.69) is 10.6 Å². The fourth-order valence-electron chi connectivity index (χ4n) is 1.77. The number of amides is 1. The number of carbonyl (C=O) groups is 2. The van der Waals surface area contributed by atoms with Crippen molar-refractivity contribution in [1.82, 2.24) is 10.6 Å². The van der Waals surface area contributed by atoms with Gasteiger partial charge in [-0.25, -0.2) is 0 Å². The van der Waals surface area contributed by atoms with Crippen molar-refractivity contribution in [2.24, 2.45) is 11.8 Å². The van der Waals surface area contributed by atoms with E-state index in [-0.39, 0.29) is 12.5 Å². The van der Waals surface area contributed by atoms with Crippen molar-refractivity contribution >= 4 is 11.9 Å². The quantitative estimate of drug-likeness (QED) is 0.628. The molecule has 1 amide bonds. The van der Waals surface area contributed by atoms with Crippen LogP contribution in [0.3, 0.4) is 0 Å². The van der Waals surface area contributed by atoms with Crippen LogP contribution < -0.4 is 10.6 Å². The SMILES string of the molecule is CC(CNC(=O)CC1CCNCC1)C(=O)O. The average molecular weight is 228 g/mol. The molecular weight excluding hydrogens is 208 g/mol. The maximum atomic E-state index is 11.5. The Morgan fingerprint density at radius 2 is 2.06 bits per heavy atom. The molecule has 0 bridgehead atoms. The number of aliphatic carboxylic acids is 1. The predicted octanol–water partition coefficient (Wildman–Crippen LogP) is 0.213. The first-order chi connectivity index (χ1) is 7.59. The minimum atomic E-state index is -0.873. The number of hydrogen-bond acceptors (Lipinski definition) is 3. The van der Waals surface area contributed by atoms with Crippen LogP contribution in [0.15, 0.2) is 0 Å². The van der Waals surface area contributed by atoms with Crippen LogP contribution in [0.2, 0.25) is 0 Å². The van der Waals surface area contributed by atoms with Crippen molar-refractivity contribution in [2.75, 3.05) is 19.6 Å². The summed E-state index contributed by atoms with van der Waals surface area (Å²) in [6.45, 7) is 3.76. The van der Waals surface area contributed by atoms with Gasteiger partial charge in [-0.1, -0.05) is 6.92 Å². The second-order valence-corrected chi connectivity index (χ2v) is 4.44. The lowest BCUT2D eigenvalue weighted by molar-refractivity contribution is -0.141. The summed E-state index contributed by atoms with van der Waals surface area (Å²) in [5.41, 5.74) is 0. The van der Waals surface area contributed by atoms with E-state index in [9.17, 15) is 9.59 Å². The molecule has 0 radical (unpaired) electrons. The molecule has 92 valence electrons. The monoisotopic (exact) mass is 228 g/mol. The molecule has 3 N–H and O–H groups in total. The number of nitrogens with one attached hydrogen (secondary N) is 2. The molecule has 1 atom stereocenters. The van der Waals surface area contributed by atoms with Gasteiger partial charge in [0.05, 0.1) is 5.92 Å². The summed E-state index contributed by atoms with van der Waals surface area (Å²) in [7, 11) is 0. The predicted molar refractivity (Wildman–Crippen MR) is 60.0 cm³/mol. The molecule has 0 aromatic carbocycles. The summed E-state index contributed by atoms with van der Waals surface area (Å²) < 4.78 is 0. The molecule has 0 spiro atoms. The van der Waals surface area contributed by atoms with Crippen molar-refractivity contribution in [3.8, 4) is 0 Å². The number of carboxylic acid groups (broad SMARTS) is 1. The summed E-state index contributed by atoms with van der Waals surface area (Å²) in [5, 5.41) is 14.6. The lowest BCUT2D eigenvalue weighted by atomic mass is 9.94. The average Bonchev–Trinajstić information content (AvgIpc) is 2.27. The van der Waals surface area contributed by atoms with Gasteiger partial charge in [0.25, 0.3) is 0 Å². The normalized spacial score (nSPS) is 19.1. The van der Waals surface area contributed by atoms with E-state index >= 15 is 0 Å². The highest BCUT2D eigenvalue weighted by Crippen LogP contribution is 2.15. The number of rotatable bonds is 5. The van der Waals surface area contributed by atoms with Gasteiger partial charge in [-0.05, 0) is 31.8 Å². The van der Waals surface area contributed by atoms with Crippen molar-refractivity contribution in [2.45, 2.75) is 26.2 Å². The molecule has 0 aliphatic carbocycles. The summed E-state index contributed by atoms with van der Waals surface area (Å²) >= 11 is 0. The van der Waals surface area contributed by atoms with Gasteiger partial charge < -0.3 is 15.7 Å². The number of carbonyl (C=O) groups excluding carboxylic acids is 1. The summed E-state index contributed by atoms with van der Waals surface area (Å²) in [6.07, 6.45) is 2.58. The Kier molecular flexibility index (Phi) is 5.25. The van der Waals surface area contributed by atoms with E-state index in [0.29, 0.717) is 12.3 Å². The van der Waals surface area contributed by atoms with E-state index in [0.717, 1.165) is 25.9 Å². The Hall–Kier alpha value is -1.10. The Balaban J connectivity index is 2.17. The molecule has 1 rings (SSSR count). The Morgan fingerprint density at radius 3 is 2.62 bits per heavy atom. The van der Waals surface area contributed by atoms with Gasteiger partial charge >= 0.3 is 5.97 Å². The van der Waals surface area contributed by atoms with Gasteiger partial charge in [-0.2, -0.15) is 0 Å². The molecule has 5 heteroatoms. The molecule has 16 heavy (non-hydrogen) atoms. The fourth-order valence-corrected chi connectivity index (χ4v) is 1.77. The Bertz CT molecular complexity index is 250. The van der Waals surface area contributed by atoms with E-state index in [1.54, 1.807) is 6.92 Å². The van der Waals surface area contributed by atoms with E-state index < -0.39 is 11.9 Å². The number of hydrogen-bond donors (Lipinski definition) is 3. The molecule has 1 unspecified atom stereocenters. The molecule has 0 aromatic heterocycles. The van der Waals surface area contributed by atoms with Crippen LogP contribution in [0.4, 0.5) is 0 Å². The van der Waals surface area contributed by atoms with Gasteiger partial charge in [0.2, 0.25) is 5.91 Å². The van der Waals surface area contributed by atoms with Crippen molar-refractivity contribution < 1.29 is 14.7 Å². The van der Waals surface area contributed by atoms with Gasteiger partial charge in [0, 0.05) is 13.0 Å². The molecule has 1 aliphatic rings. The van der Waals surface area contributed by atoms with Crippen LogP contribution in [0.1, 0.15) is 26.2 Å². The van der Waals surface area contributed by atoms with Crippen LogP contribution in [-0.4, -0.2) is 36.6 Å². The number of piperidine rings is 1. The lowest BCUT2D eigenvalue weighted by Crippen LogP contribution is -2.35. The highest BCUT2D eigenvalue weighted by atomic mass is 16.4. The molecule has 5 nitrogen and oxygen atoms in total. The summed E-state index contributed by atoms with van der Waals surface area (Å²) in [5.74, 6) is -0.972. The van der Waals surface area contributed by atoms with Gasteiger partial charge in [0.1, 0.15) is 0 Å². The van der Waals surface area contributed by atoms with E-state index in [4.69, 9.17) is 5.11 Å². The molecular formula is C11H20N2O3. The maximum absolute atomic E-state index is 11.5. The highest BCUT2D eigenvalue weighted by molar-refractivity contribution is 5.77. The molecule has 1 aliphatic heterocycles. The van der Waals surface area contributed by atoms with Gasteiger partial charge in [-0.3, -0.25) is 9.59 Å². The zero-order valence-corrected chi connectivity index (χ0v) is 9.66. The van der Waals surface area contributed by atoms with Crippen LogP contribution >= 0.6 is 0 Å². The lowest BCUT2D eigenvalue weighted by Gasteiger charge is -2.22. The number of carboxylic acids is 1. The van der Waals surface area contributed by atoms with Crippen LogP contribution in [0.5, 0.6) is 0 Å². The Labute approximate surface area is 95.6 Å². The molecule has 1 saturated heterocycles. The standard InChI is InChI=1S/C11H20N2O3/c1-8(11(15)16)7-13-10(14)6-9-2-4-12-5-3-9/h8-9,12H,2-7H2,1H3,(H,13,14)(H,15,16). The van der Waals surface area contributed by atoms with Crippen molar-refractivity contribution in [3.63, 3.8) is 0 Å². The van der Waals surface area contributed by atoms with Crippen LogP contribution in [0, 0.1) is 11.8 Å². The zero-order valence-electron chi connectivity index (χ0n) is 9.66. The topological polar surface area (TPSA) is 78.4 Å². The van der Waals surface area contributed by atoms with Gasteiger partial charge in [0.15, 0.2) is 0 Å². The smallest absolute Gasteiger partial charge is 0.308 e. The summed E-state index contributed by atoms with van der Waals surface area (Å²) in [4.78, 5) is 22.1. The molecule has 0 aromatic rings. The third-order valence-electron chi connectivity index (χ3n) is 2.96. The van der Waals surface area contributed by atoms with Crippen LogP contribution in [0.25, 0.3) is 0 Å². The molecule has 1 fully saturated rings. The molecule has 1 heterocycles. The summed E-state index contributed by atoms with van der Waals surface area (Å²) in [6, 6.07) is 0. The second kappa shape index (κ2) is 6.48. The zero-order chi connectivity index (χ0) is 12.0. The fraction of sp³-hybridized carbons (Fsp3) is 0.818. The van der Waals surface area contributed by atoms with E-state index in [1.807, 2.05) is 0 Å². The van der Waals surface area contributed by atoms with Crippen LogP contribution in [-0.2, 0) is 9.59 Å². The van der Waals surface area contributed by atoms with Gasteiger partial charge in [-0.15, -0.1) is 0 Å². The first kappa shape index (κ1) is 13.0. The van der Waals surface area contributed by atoms with E-state index in [1.165, 1.54) is 0 Å². The third kappa shape index (κ3) is 4.61. The highest BCUT2D eigenvalue weighted by Gasteiger charge is 2.18. The first-order valence-corrected chi connectivity index (χ1v) is 5.80. The second-order valence-electron chi connectivity index (χ2n) is 4.44.